The topological polar surface area (TPSA) is 73.5 Å². The Kier molecular flexibility index (Phi) is 5.40. The first kappa shape index (κ1) is 16.1. The highest BCUT2D eigenvalue weighted by Gasteiger charge is 2.30. The van der Waals surface area contributed by atoms with Crippen LogP contribution in [-0.2, 0) is 4.79 Å². The molecule has 3 N–H and O–H groups in total. The van der Waals surface area contributed by atoms with Crippen molar-refractivity contribution in [1.29, 1.82) is 0 Å². The van der Waals surface area contributed by atoms with Gasteiger partial charge in [0, 0.05) is 36.4 Å². The third kappa shape index (κ3) is 4.39. The molecule has 1 aromatic rings. The van der Waals surface area contributed by atoms with Gasteiger partial charge in [-0.2, -0.15) is 0 Å². The number of para-hydroxylation sites is 1. The smallest absolute Gasteiger partial charge is 0.319 e. The van der Waals surface area contributed by atoms with E-state index in [4.69, 9.17) is 0 Å². The lowest BCUT2D eigenvalue weighted by Gasteiger charge is -2.33. The number of rotatable bonds is 3. The largest absolute Gasteiger partial charge is 0.341 e. The Bertz CT molecular complexity index is 540. The normalized spacial score (nSPS) is 21.9. The summed E-state index contributed by atoms with van der Waals surface area (Å²) in [5, 5.41) is 9.03. The van der Waals surface area contributed by atoms with Crippen molar-refractivity contribution in [3.8, 4) is 0 Å². The van der Waals surface area contributed by atoms with E-state index in [2.05, 4.69) is 16.0 Å². The predicted octanol–water partition coefficient (Wildman–Crippen LogP) is 1.46. The van der Waals surface area contributed by atoms with Gasteiger partial charge in [-0.25, -0.2) is 4.79 Å². The molecule has 2 aliphatic rings. The van der Waals surface area contributed by atoms with Gasteiger partial charge in [-0.15, -0.1) is 11.8 Å². The molecule has 2 fully saturated rings. The first-order chi connectivity index (χ1) is 11.2. The lowest BCUT2D eigenvalue weighted by Crippen LogP contribution is -2.51. The zero-order chi connectivity index (χ0) is 16.1. The molecule has 0 aromatic heterocycles. The summed E-state index contributed by atoms with van der Waals surface area (Å²) in [6, 6.07) is 9.29. The van der Waals surface area contributed by atoms with Gasteiger partial charge < -0.3 is 15.5 Å². The molecular formula is C16H22N4O2S. The molecule has 3 rings (SSSR count). The minimum atomic E-state index is -0.185. The van der Waals surface area contributed by atoms with Gasteiger partial charge in [-0.3, -0.25) is 10.1 Å². The van der Waals surface area contributed by atoms with Gasteiger partial charge >= 0.3 is 6.03 Å². The van der Waals surface area contributed by atoms with Crippen molar-refractivity contribution in [1.82, 2.24) is 15.5 Å². The molecule has 0 aliphatic carbocycles. The van der Waals surface area contributed by atoms with Crippen LogP contribution in [0.2, 0.25) is 0 Å². The van der Waals surface area contributed by atoms with E-state index in [0.29, 0.717) is 13.1 Å². The number of nitrogens with one attached hydrogen (secondary N) is 3. The van der Waals surface area contributed by atoms with Crippen LogP contribution >= 0.6 is 11.8 Å². The number of hydrogen-bond acceptors (Lipinski definition) is 4. The van der Waals surface area contributed by atoms with Crippen molar-refractivity contribution in [2.75, 3.05) is 30.0 Å². The van der Waals surface area contributed by atoms with Crippen molar-refractivity contribution in [3.05, 3.63) is 30.3 Å². The van der Waals surface area contributed by atoms with Crippen LogP contribution in [0.1, 0.15) is 12.8 Å². The van der Waals surface area contributed by atoms with Crippen LogP contribution in [0, 0.1) is 0 Å². The second-order valence-electron chi connectivity index (χ2n) is 5.84. The van der Waals surface area contributed by atoms with E-state index in [1.54, 1.807) is 11.8 Å². The Hall–Kier alpha value is -1.73. The van der Waals surface area contributed by atoms with Gasteiger partial charge in [-0.1, -0.05) is 18.2 Å². The quantitative estimate of drug-likeness (QED) is 0.782. The molecule has 1 atom stereocenters. The van der Waals surface area contributed by atoms with E-state index in [9.17, 15) is 9.59 Å². The molecule has 23 heavy (non-hydrogen) atoms. The second kappa shape index (κ2) is 7.70. The van der Waals surface area contributed by atoms with E-state index < -0.39 is 0 Å². The molecule has 0 saturated carbocycles. The molecule has 124 valence electrons. The lowest BCUT2D eigenvalue weighted by molar-refractivity contribution is -0.133. The van der Waals surface area contributed by atoms with Gasteiger partial charge in [0.1, 0.15) is 0 Å². The van der Waals surface area contributed by atoms with Crippen molar-refractivity contribution >= 4 is 29.4 Å². The third-order valence-electron chi connectivity index (χ3n) is 4.19. The number of amides is 3. The van der Waals surface area contributed by atoms with E-state index in [-0.39, 0.29) is 24.0 Å². The van der Waals surface area contributed by atoms with Gasteiger partial charge in [0.05, 0.1) is 6.04 Å². The van der Waals surface area contributed by atoms with E-state index in [0.717, 1.165) is 30.2 Å². The number of urea groups is 1. The maximum atomic E-state index is 12.3. The molecule has 1 unspecified atom stereocenters. The summed E-state index contributed by atoms with van der Waals surface area (Å²) in [5.74, 6) is 1.91. The Balaban J connectivity index is 1.42. The van der Waals surface area contributed by atoms with E-state index in [1.807, 2.05) is 35.2 Å². The summed E-state index contributed by atoms with van der Waals surface area (Å²) in [4.78, 5) is 26.2. The van der Waals surface area contributed by atoms with Crippen LogP contribution in [0.3, 0.4) is 0 Å². The minimum absolute atomic E-state index is 0.0362. The van der Waals surface area contributed by atoms with Gasteiger partial charge in [0.25, 0.3) is 0 Å². The maximum absolute atomic E-state index is 12.3. The molecular weight excluding hydrogens is 312 g/mol. The predicted molar refractivity (Wildman–Crippen MR) is 92.4 cm³/mol. The van der Waals surface area contributed by atoms with Crippen molar-refractivity contribution in [3.63, 3.8) is 0 Å². The number of benzene rings is 1. The number of piperidine rings is 1. The fourth-order valence-corrected chi connectivity index (χ4v) is 3.83. The first-order valence-corrected chi connectivity index (χ1v) is 9.10. The zero-order valence-corrected chi connectivity index (χ0v) is 13.8. The average molecular weight is 334 g/mol. The van der Waals surface area contributed by atoms with Crippen LogP contribution in [0.5, 0.6) is 0 Å². The summed E-state index contributed by atoms with van der Waals surface area (Å²) in [7, 11) is 0. The Morgan fingerprint density at radius 1 is 1.17 bits per heavy atom. The molecule has 2 aliphatic heterocycles. The molecule has 0 radical (unpaired) electrons. The Morgan fingerprint density at radius 3 is 2.57 bits per heavy atom. The molecule has 2 heterocycles. The van der Waals surface area contributed by atoms with Crippen LogP contribution in [0.4, 0.5) is 10.5 Å². The molecule has 0 spiro atoms. The van der Waals surface area contributed by atoms with Crippen LogP contribution in [0.25, 0.3) is 0 Å². The average Bonchev–Trinajstić information content (AvgIpc) is 3.10. The SMILES string of the molecule is O=C(Nc1ccccc1)NC1CCN(C(=O)C2CSCN2)CC1. The Labute approximate surface area is 140 Å². The molecule has 7 heteroatoms. The summed E-state index contributed by atoms with van der Waals surface area (Å²) < 4.78 is 0. The summed E-state index contributed by atoms with van der Waals surface area (Å²) in [5.41, 5.74) is 0.780. The number of thioether (sulfide) groups is 1. The standard InChI is InChI=1S/C16H22N4O2S/c21-15(14-10-23-11-17-14)20-8-6-13(7-9-20)19-16(22)18-12-4-2-1-3-5-12/h1-5,13-14,17H,6-11H2,(H2,18,19,22). The molecule has 2 saturated heterocycles. The van der Waals surface area contributed by atoms with Crippen LogP contribution in [0.15, 0.2) is 30.3 Å². The van der Waals surface area contributed by atoms with Gasteiger partial charge in [-0.05, 0) is 25.0 Å². The maximum Gasteiger partial charge on any atom is 0.319 e. The van der Waals surface area contributed by atoms with Gasteiger partial charge in [0.2, 0.25) is 5.91 Å². The third-order valence-corrected chi connectivity index (χ3v) is 5.13. The van der Waals surface area contributed by atoms with Crippen molar-refractivity contribution in [2.24, 2.45) is 0 Å². The second-order valence-corrected chi connectivity index (χ2v) is 6.87. The minimum Gasteiger partial charge on any atom is -0.341 e. The monoisotopic (exact) mass is 334 g/mol. The summed E-state index contributed by atoms with van der Waals surface area (Å²) >= 11 is 1.76. The number of likely N-dealkylation sites (tertiary alicyclic amines) is 1. The molecule has 1 aromatic carbocycles. The van der Waals surface area contributed by atoms with E-state index in [1.165, 1.54) is 0 Å². The lowest BCUT2D eigenvalue weighted by atomic mass is 10.0. The highest BCUT2D eigenvalue weighted by molar-refractivity contribution is 7.99. The first-order valence-electron chi connectivity index (χ1n) is 7.95. The van der Waals surface area contributed by atoms with E-state index >= 15 is 0 Å². The number of anilines is 1. The number of hydrogen-bond donors (Lipinski definition) is 3. The molecule has 0 bridgehead atoms. The van der Waals surface area contributed by atoms with Crippen LogP contribution < -0.4 is 16.0 Å². The van der Waals surface area contributed by atoms with Gasteiger partial charge in [0.15, 0.2) is 0 Å². The summed E-state index contributed by atoms with van der Waals surface area (Å²) in [6.45, 7) is 1.41. The number of nitrogens with zero attached hydrogens (tertiary/aromatic N) is 1. The Morgan fingerprint density at radius 2 is 1.91 bits per heavy atom. The number of carbonyl (C=O) groups excluding carboxylic acids is 2. The fourth-order valence-electron chi connectivity index (χ4n) is 2.89. The fraction of sp³-hybridized carbons (Fsp3) is 0.500. The van der Waals surface area contributed by atoms with Crippen molar-refractivity contribution in [2.45, 2.75) is 24.9 Å². The number of carbonyl (C=O) groups is 2. The zero-order valence-electron chi connectivity index (χ0n) is 13.0. The summed E-state index contributed by atoms with van der Waals surface area (Å²) in [6.07, 6.45) is 1.60. The highest BCUT2D eigenvalue weighted by Crippen LogP contribution is 2.16. The molecule has 3 amide bonds. The highest BCUT2D eigenvalue weighted by atomic mass is 32.2. The van der Waals surface area contributed by atoms with Crippen molar-refractivity contribution < 1.29 is 9.59 Å². The molecule has 6 nitrogen and oxygen atoms in total. The van der Waals surface area contributed by atoms with Crippen LogP contribution in [-0.4, -0.2) is 53.6 Å².